The van der Waals surface area contributed by atoms with Crippen LogP contribution in [0, 0.1) is 0 Å². The zero-order chi connectivity index (χ0) is 19.3. The molecule has 6 nitrogen and oxygen atoms in total. The van der Waals surface area contributed by atoms with Crippen molar-refractivity contribution in [2.75, 3.05) is 12.4 Å². The topological polar surface area (TPSA) is 73.1 Å². The number of rotatable bonds is 7. The van der Waals surface area contributed by atoms with Gasteiger partial charge in [0.25, 0.3) is 0 Å². The third kappa shape index (κ3) is 5.20. The van der Waals surface area contributed by atoms with Gasteiger partial charge in [0.05, 0.1) is 17.4 Å². The summed E-state index contributed by atoms with van der Waals surface area (Å²) >= 11 is 1.12. The first-order valence-electron chi connectivity index (χ1n) is 7.88. The molecule has 0 aliphatic heterocycles. The van der Waals surface area contributed by atoms with E-state index in [4.69, 9.17) is 4.74 Å². The van der Waals surface area contributed by atoms with Gasteiger partial charge in [0.2, 0.25) is 5.16 Å². The molecule has 1 atom stereocenters. The van der Waals surface area contributed by atoms with E-state index in [0.717, 1.165) is 23.9 Å². The van der Waals surface area contributed by atoms with Crippen molar-refractivity contribution >= 4 is 11.8 Å². The van der Waals surface area contributed by atoms with Gasteiger partial charge in [-0.3, -0.25) is 0 Å². The molecule has 0 saturated carbocycles. The summed E-state index contributed by atoms with van der Waals surface area (Å²) in [6.45, 7) is 0.0716. The summed E-state index contributed by atoms with van der Waals surface area (Å²) in [5, 5.41) is 21.4. The summed E-state index contributed by atoms with van der Waals surface area (Å²) in [6.07, 6.45) is -5.26. The van der Waals surface area contributed by atoms with Crippen LogP contribution in [0.5, 0.6) is 5.75 Å². The number of ether oxygens (including phenoxy) is 1. The molecule has 0 saturated heterocycles. The minimum atomic E-state index is -4.46. The molecule has 142 valence electrons. The van der Waals surface area contributed by atoms with E-state index < -0.39 is 17.8 Å². The van der Waals surface area contributed by atoms with Crippen LogP contribution in [0.4, 0.5) is 13.2 Å². The number of hydrogen-bond donors (Lipinski definition) is 1. The van der Waals surface area contributed by atoms with Crippen molar-refractivity contribution in [1.82, 2.24) is 20.2 Å². The minimum absolute atomic E-state index is 0.0716. The fourth-order valence-electron chi connectivity index (χ4n) is 2.17. The lowest BCUT2D eigenvalue weighted by Crippen LogP contribution is -2.20. The fourth-order valence-corrected chi connectivity index (χ4v) is 2.97. The lowest BCUT2D eigenvalue weighted by atomic mass is 10.2. The number of tetrazole rings is 1. The van der Waals surface area contributed by atoms with Gasteiger partial charge in [-0.1, -0.05) is 36.0 Å². The average Bonchev–Trinajstić information content (AvgIpc) is 3.13. The van der Waals surface area contributed by atoms with E-state index >= 15 is 0 Å². The Morgan fingerprint density at radius 3 is 2.63 bits per heavy atom. The summed E-state index contributed by atoms with van der Waals surface area (Å²) in [5.74, 6) is 0.849. The molecule has 2 aromatic carbocycles. The zero-order valence-corrected chi connectivity index (χ0v) is 14.7. The maximum atomic E-state index is 12.9. The van der Waals surface area contributed by atoms with Crippen LogP contribution in [0.15, 0.2) is 59.8 Å². The molecule has 1 aromatic heterocycles. The molecular weight excluding hydrogens is 381 g/mol. The van der Waals surface area contributed by atoms with Gasteiger partial charge < -0.3 is 9.84 Å². The van der Waals surface area contributed by atoms with Crippen molar-refractivity contribution in [2.45, 2.75) is 17.4 Å². The van der Waals surface area contributed by atoms with Gasteiger partial charge >= 0.3 is 6.18 Å². The summed E-state index contributed by atoms with van der Waals surface area (Å²) in [6, 6.07) is 13.7. The summed E-state index contributed by atoms with van der Waals surface area (Å²) in [7, 11) is 0. The van der Waals surface area contributed by atoms with E-state index in [2.05, 4.69) is 15.5 Å². The largest absolute Gasteiger partial charge is 0.491 e. The Bertz CT molecular complexity index is 874. The predicted molar refractivity (Wildman–Crippen MR) is 92.8 cm³/mol. The molecule has 0 unspecified atom stereocenters. The molecule has 27 heavy (non-hydrogen) atoms. The first-order chi connectivity index (χ1) is 12.9. The Kier molecular flexibility index (Phi) is 5.97. The summed E-state index contributed by atoms with van der Waals surface area (Å²) < 4.78 is 45.3. The molecule has 3 aromatic rings. The van der Waals surface area contributed by atoms with Crippen LogP contribution < -0.4 is 4.74 Å². The van der Waals surface area contributed by atoms with Crippen molar-refractivity contribution < 1.29 is 23.0 Å². The van der Waals surface area contributed by atoms with Gasteiger partial charge in [-0.05, 0) is 40.8 Å². The third-order valence-electron chi connectivity index (χ3n) is 3.45. The van der Waals surface area contributed by atoms with Crippen LogP contribution in [0.25, 0.3) is 5.69 Å². The highest BCUT2D eigenvalue weighted by Crippen LogP contribution is 2.30. The van der Waals surface area contributed by atoms with Gasteiger partial charge in [-0.2, -0.15) is 17.9 Å². The normalized spacial score (nSPS) is 12.7. The lowest BCUT2D eigenvalue weighted by molar-refractivity contribution is -0.137. The number of alkyl halides is 3. The molecule has 0 radical (unpaired) electrons. The molecule has 0 fully saturated rings. The number of aliphatic hydroxyl groups is 1. The molecule has 1 N–H and O–H groups in total. The van der Waals surface area contributed by atoms with Crippen molar-refractivity contribution in [1.29, 1.82) is 0 Å². The van der Waals surface area contributed by atoms with E-state index in [0.29, 0.717) is 5.75 Å². The van der Waals surface area contributed by atoms with Crippen LogP contribution in [0.2, 0.25) is 0 Å². The number of hydrogen-bond acceptors (Lipinski definition) is 6. The molecular formula is C17H15F3N4O2S. The van der Waals surface area contributed by atoms with Crippen LogP contribution in [-0.2, 0) is 6.18 Å². The molecule has 10 heteroatoms. The molecule has 1 heterocycles. The highest BCUT2D eigenvalue weighted by Gasteiger charge is 2.30. The number of para-hydroxylation sites is 1. The SMILES string of the molecule is O[C@@H](COc1ccccc1)CSc1nnnn1-c1cccc(C(F)(F)F)c1. The first kappa shape index (κ1) is 19.2. The number of thioether (sulfide) groups is 1. The van der Waals surface area contributed by atoms with Crippen molar-refractivity contribution in [3.63, 3.8) is 0 Å². The van der Waals surface area contributed by atoms with Crippen LogP contribution >= 0.6 is 11.8 Å². The minimum Gasteiger partial charge on any atom is -0.491 e. The van der Waals surface area contributed by atoms with Crippen molar-refractivity contribution in [3.8, 4) is 11.4 Å². The number of aromatic nitrogens is 4. The zero-order valence-electron chi connectivity index (χ0n) is 13.9. The fraction of sp³-hybridized carbons (Fsp3) is 0.235. The van der Waals surface area contributed by atoms with Crippen LogP contribution in [0.3, 0.4) is 0 Å². The van der Waals surface area contributed by atoms with Crippen molar-refractivity contribution in [3.05, 3.63) is 60.2 Å². The third-order valence-corrected chi connectivity index (χ3v) is 4.51. The predicted octanol–water partition coefficient (Wildman–Crippen LogP) is 3.21. The molecule has 0 aliphatic rings. The lowest BCUT2D eigenvalue weighted by Gasteiger charge is -2.12. The van der Waals surface area contributed by atoms with Gasteiger partial charge in [0, 0.05) is 5.75 Å². The van der Waals surface area contributed by atoms with Gasteiger partial charge in [0.1, 0.15) is 12.4 Å². The van der Waals surface area contributed by atoms with Gasteiger partial charge in [-0.15, -0.1) is 5.10 Å². The molecule has 0 aliphatic carbocycles. The maximum Gasteiger partial charge on any atom is 0.416 e. The summed E-state index contributed by atoms with van der Waals surface area (Å²) in [4.78, 5) is 0. The Balaban J connectivity index is 1.62. The number of aliphatic hydroxyl groups excluding tert-OH is 1. The summed E-state index contributed by atoms with van der Waals surface area (Å²) in [5.41, 5.74) is -0.602. The number of nitrogens with zero attached hydrogens (tertiary/aromatic N) is 4. The van der Waals surface area contributed by atoms with E-state index in [1.807, 2.05) is 18.2 Å². The second-order valence-electron chi connectivity index (χ2n) is 5.51. The molecule has 3 rings (SSSR count). The highest BCUT2D eigenvalue weighted by molar-refractivity contribution is 7.99. The monoisotopic (exact) mass is 396 g/mol. The second kappa shape index (κ2) is 8.40. The first-order valence-corrected chi connectivity index (χ1v) is 8.87. The van der Waals surface area contributed by atoms with E-state index in [1.54, 1.807) is 12.1 Å². The van der Waals surface area contributed by atoms with Gasteiger partial charge in [0.15, 0.2) is 0 Å². The van der Waals surface area contributed by atoms with Gasteiger partial charge in [-0.25, -0.2) is 0 Å². The molecule has 0 amide bonds. The highest BCUT2D eigenvalue weighted by atomic mass is 32.2. The number of halogens is 3. The quantitative estimate of drug-likeness (QED) is 0.619. The maximum absolute atomic E-state index is 12.9. The van der Waals surface area contributed by atoms with Crippen LogP contribution in [-0.4, -0.2) is 43.8 Å². The smallest absolute Gasteiger partial charge is 0.416 e. The Morgan fingerprint density at radius 2 is 1.89 bits per heavy atom. The van der Waals surface area contributed by atoms with Crippen LogP contribution in [0.1, 0.15) is 5.56 Å². The molecule has 0 bridgehead atoms. The van der Waals surface area contributed by atoms with E-state index in [-0.39, 0.29) is 23.2 Å². The Hall–Kier alpha value is -2.59. The second-order valence-corrected chi connectivity index (χ2v) is 6.50. The Morgan fingerprint density at radius 1 is 1.11 bits per heavy atom. The average molecular weight is 396 g/mol. The number of benzene rings is 2. The van der Waals surface area contributed by atoms with Crippen molar-refractivity contribution in [2.24, 2.45) is 0 Å². The van der Waals surface area contributed by atoms with E-state index in [9.17, 15) is 18.3 Å². The van der Waals surface area contributed by atoms with E-state index in [1.165, 1.54) is 16.8 Å². The standard InChI is InChI=1S/C17H15F3N4O2S/c18-17(19,20)12-5-4-6-13(9-12)24-16(21-22-23-24)27-11-14(25)10-26-15-7-2-1-3-8-15/h1-9,14,25H,10-11H2/t14-/m0/s1. The Labute approximate surface area is 157 Å². The molecule has 0 spiro atoms.